The third kappa shape index (κ3) is 2.94. The van der Waals surface area contributed by atoms with E-state index >= 15 is 0 Å². The monoisotopic (exact) mass is 362 g/mol. The number of carbonyl (C=O) groups is 2. The molecule has 0 saturated carbocycles. The van der Waals surface area contributed by atoms with Crippen molar-refractivity contribution < 1.29 is 24.2 Å². The predicted octanol–water partition coefficient (Wildman–Crippen LogP) is 0.926. The Morgan fingerprint density at radius 1 is 1.22 bits per heavy atom. The van der Waals surface area contributed by atoms with E-state index in [0.29, 0.717) is 23.0 Å². The number of nitrogens with two attached hydrogens (primary N) is 1. The van der Waals surface area contributed by atoms with Crippen molar-refractivity contribution in [1.82, 2.24) is 9.88 Å². The second-order valence-electron chi connectivity index (χ2n) is 6.38. The molecule has 27 heavy (non-hydrogen) atoms. The van der Waals surface area contributed by atoms with E-state index in [9.17, 15) is 9.59 Å². The fraction of sp³-hybridized carbons (Fsp3) is 0.100. The van der Waals surface area contributed by atoms with E-state index in [2.05, 4.69) is 4.98 Å². The molecule has 0 saturated heterocycles. The van der Waals surface area contributed by atoms with Crippen LogP contribution in [0.4, 0.5) is 4.79 Å². The van der Waals surface area contributed by atoms with Gasteiger partial charge in [-0.3, -0.25) is 15.0 Å². The van der Waals surface area contributed by atoms with E-state index in [4.69, 9.17) is 4.74 Å². The van der Waals surface area contributed by atoms with E-state index in [-0.39, 0.29) is 11.8 Å². The Morgan fingerprint density at radius 2 is 2.07 bits per heavy atom. The number of ketones is 1. The molecule has 1 aromatic carbocycles. The van der Waals surface area contributed by atoms with Crippen molar-refractivity contribution in [2.75, 3.05) is 14.1 Å². The number of rotatable bonds is 3. The summed E-state index contributed by atoms with van der Waals surface area (Å²) in [5.74, 6) is -0.199. The Morgan fingerprint density at radius 3 is 2.81 bits per heavy atom. The molecule has 3 aromatic rings. The van der Waals surface area contributed by atoms with Crippen molar-refractivity contribution in [3.05, 3.63) is 84.3 Å². The highest BCUT2D eigenvalue weighted by Crippen LogP contribution is 2.21. The SMILES string of the molecule is CN(C)C(=O)[n+]1cc(C(=O)C2=CO[C-](c3cccnc3)[NH2+]2)c2cccc[c-]21. The van der Waals surface area contributed by atoms with Crippen molar-refractivity contribution in [3.8, 4) is 0 Å². The number of ether oxygens (including phenoxy) is 1. The van der Waals surface area contributed by atoms with E-state index in [0.717, 1.165) is 10.9 Å². The molecule has 1 aliphatic heterocycles. The predicted molar refractivity (Wildman–Crippen MR) is 96.2 cm³/mol. The lowest BCUT2D eigenvalue weighted by atomic mass is 10.1. The summed E-state index contributed by atoms with van der Waals surface area (Å²) in [4.78, 5) is 31.1. The Kier molecular flexibility index (Phi) is 4.13. The summed E-state index contributed by atoms with van der Waals surface area (Å²) in [6.45, 7) is 0. The number of carbonyl (C=O) groups excluding carboxylic acids is 2. The number of allylic oxidation sites excluding steroid dienone is 1. The molecule has 1 aliphatic rings. The van der Waals surface area contributed by atoms with Gasteiger partial charge in [0.05, 0.1) is 19.6 Å². The molecule has 136 valence electrons. The first-order valence-electron chi connectivity index (χ1n) is 8.41. The molecular weight excluding hydrogens is 344 g/mol. The van der Waals surface area contributed by atoms with Crippen molar-refractivity contribution >= 4 is 22.7 Å². The summed E-state index contributed by atoms with van der Waals surface area (Å²) in [5.41, 5.74) is 2.37. The van der Waals surface area contributed by atoms with Gasteiger partial charge in [0.25, 0.3) is 0 Å². The Balaban J connectivity index is 1.67. The lowest BCUT2D eigenvalue weighted by molar-refractivity contribution is -0.593. The summed E-state index contributed by atoms with van der Waals surface area (Å²) in [7, 11) is 3.35. The number of hydrogen-bond acceptors (Lipinski definition) is 4. The molecule has 3 heterocycles. The van der Waals surface area contributed by atoms with Gasteiger partial charge in [-0.05, 0) is 11.8 Å². The standard InChI is InChI=1S/C20H18N4O3/c1-23(2)20(26)24-11-15(14-7-3-4-8-17(14)24)18(25)16-12-27-19(22-16)13-6-5-9-21-10-13/h3-12H,22H2,1-2H3. The van der Waals surface area contributed by atoms with Crippen LogP contribution in [0, 0.1) is 6.23 Å². The first kappa shape index (κ1) is 16.9. The van der Waals surface area contributed by atoms with E-state index in [1.807, 2.05) is 30.3 Å². The quantitative estimate of drug-likeness (QED) is 0.427. The summed E-state index contributed by atoms with van der Waals surface area (Å²) in [6, 6.07) is 10.8. The fourth-order valence-electron chi connectivity index (χ4n) is 3.01. The van der Waals surface area contributed by atoms with Gasteiger partial charge in [-0.15, -0.1) is 18.2 Å². The molecule has 0 aliphatic carbocycles. The summed E-state index contributed by atoms with van der Waals surface area (Å²) < 4.78 is 7.05. The van der Waals surface area contributed by atoms with E-state index in [1.54, 1.807) is 44.1 Å². The minimum absolute atomic E-state index is 0.199. The average Bonchev–Trinajstić information content (AvgIpc) is 3.33. The number of para-hydroxylation sites is 1. The lowest BCUT2D eigenvalue weighted by Crippen LogP contribution is -2.83. The number of quaternary nitrogens is 1. The van der Waals surface area contributed by atoms with Gasteiger partial charge in [0.1, 0.15) is 6.26 Å². The van der Waals surface area contributed by atoms with E-state index < -0.39 is 0 Å². The number of Topliss-reactive ketones (excluding diaryl/α,β-unsaturated/α-hetero) is 1. The molecule has 2 aromatic heterocycles. The highest BCUT2D eigenvalue weighted by molar-refractivity contribution is 6.14. The van der Waals surface area contributed by atoms with Gasteiger partial charge in [0, 0.05) is 6.20 Å². The van der Waals surface area contributed by atoms with Gasteiger partial charge in [0.2, 0.25) is 11.5 Å². The molecule has 0 fully saturated rings. The molecule has 4 rings (SSSR count). The lowest BCUT2D eigenvalue weighted by Gasteiger charge is -2.13. The number of aromatic nitrogens is 2. The molecule has 0 bridgehead atoms. The zero-order valence-corrected chi connectivity index (χ0v) is 14.9. The van der Waals surface area contributed by atoms with Crippen molar-refractivity contribution in [3.63, 3.8) is 0 Å². The van der Waals surface area contributed by atoms with Crippen LogP contribution < -0.4 is 9.88 Å². The molecule has 0 radical (unpaired) electrons. The first-order valence-corrected chi connectivity index (χ1v) is 8.41. The van der Waals surface area contributed by atoms with Gasteiger partial charge in [-0.25, -0.2) is 9.36 Å². The number of nitrogens with zero attached hydrogens (tertiary/aromatic N) is 3. The van der Waals surface area contributed by atoms with Crippen LogP contribution in [0.2, 0.25) is 0 Å². The normalized spacial score (nSPS) is 13.4. The number of fused-ring (bicyclic) bond motifs is 1. The van der Waals surface area contributed by atoms with Gasteiger partial charge in [0.15, 0.2) is 6.23 Å². The Hall–Kier alpha value is -3.58. The molecule has 2 N–H and O–H groups in total. The van der Waals surface area contributed by atoms with E-state index in [1.165, 1.54) is 15.7 Å². The van der Waals surface area contributed by atoms with Crippen LogP contribution in [0.15, 0.2) is 66.9 Å². The molecule has 7 nitrogen and oxygen atoms in total. The van der Waals surface area contributed by atoms with Crippen LogP contribution in [0.1, 0.15) is 15.9 Å². The zero-order valence-electron chi connectivity index (χ0n) is 14.9. The maximum Gasteiger partial charge on any atom is 0.441 e. The number of hydrogen-bond donors (Lipinski definition) is 1. The molecule has 0 unspecified atom stereocenters. The van der Waals surface area contributed by atoms with Crippen molar-refractivity contribution in [2.45, 2.75) is 0 Å². The smallest absolute Gasteiger partial charge is 0.441 e. The van der Waals surface area contributed by atoms with Gasteiger partial charge in [-0.2, -0.15) is 6.07 Å². The minimum Gasteiger partial charge on any atom is -0.471 e. The van der Waals surface area contributed by atoms with Crippen molar-refractivity contribution in [1.29, 1.82) is 0 Å². The molecule has 1 amide bonds. The second kappa shape index (κ2) is 6.62. The Labute approximate surface area is 155 Å². The summed E-state index contributed by atoms with van der Waals surface area (Å²) in [5, 5.41) is 2.42. The number of pyridine rings is 1. The van der Waals surface area contributed by atoms with Crippen LogP contribution in [-0.2, 0) is 4.74 Å². The van der Waals surface area contributed by atoms with Gasteiger partial charge < -0.3 is 9.72 Å². The molecule has 0 spiro atoms. The van der Waals surface area contributed by atoms with Gasteiger partial charge in [-0.1, -0.05) is 29.3 Å². The third-order valence-corrected chi connectivity index (χ3v) is 4.35. The van der Waals surface area contributed by atoms with Gasteiger partial charge >= 0.3 is 6.03 Å². The maximum atomic E-state index is 13.1. The second-order valence-corrected chi connectivity index (χ2v) is 6.38. The zero-order chi connectivity index (χ0) is 19.0. The Bertz CT molecular complexity index is 1050. The summed E-state index contributed by atoms with van der Waals surface area (Å²) >= 11 is 0. The van der Waals surface area contributed by atoms with Crippen LogP contribution in [0.3, 0.4) is 0 Å². The van der Waals surface area contributed by atoms with Crippen LogP contribution in [0.5, 0.6) is 0 Å². The number of amides is 1. The average molecular weight is 362 g/mol. The maximum absolute atomic E-state index is 13.1. The topological polar surface area (TPSA) is 80.0 Å². The molecule has 7 heteroatoms. The van der Waals surface area contributed by atoms with Crippen LogP contribution >= 0.6 is 0 Å². The molecular formula is C20H18N4O3. The third-order valence-electron chi connectivity index (χ3n) is 4.35. The number of benzene rings is 1. The van der Waals surface area contributed by atoms with Crippen molar-refractivity contribution in [2.24, 2.45) is 0 Å². The largest absolute Gasteiger partial charge is 0.471 e. The minimum atomic E-state index is -0.214. The highest BCUT2D eigenvalue weighted by Gasteiger charge is 2.28. The van der Waals surface area contributed by atoms with Crippen LogP contribution in [-0.4, -0.2) is 35.8 Å². The fourth-order valence-corrected chi connectivity index (χ4v) is 3.01. The van der Waals surface area contributed by atoms with Crippen LogP contribution in [0.25, 0.3) is 10.9 Å². The summed E-state index contributed by atoms with van der Waals surface area (Å²) in [6.07, 6.45) is 6.94. The first-order chi connectivity index (χ1) is 13.1. The highest BCUT2D eigenvalue weighted by atomic mass is 16.5. The molecule has 0 atom stereocenters.